The third kappa shape index (κ3) is 2.80. The molecule has 0 amide bonds. The normalized spacial score (nSPS) is 21.0. The van der Waals surface area contributed by atoms with Crippen molar-refractivity contribution in [1.29, 1.82) is 0 Å². The molecule has 0 bridgehead atoms. The van der Waals surface area contributed by atoms with E-state index in [0.717, 1.165) is 0 Å². The second-order valence-corrected chi connectivity index (χ2v) is 4.64. The lowest BCUT2D eigenvalue weighted by molar-refractivity contribution is -0.384. The fourth-order valence-corrected chi connectivity index (χ4v) is 1.93. The number of hydrogen-bond donors (Lipinski definition) is 1. The predicted molar refractivity (Wildman–Crippen MR) is 67.9 cm³/mol. The number of hydrogen-bond acceptors (Lipinski definition) is 6. The molecule has 20 heavy (non-hydrogen) atoms. The summed E-state index contributed by atoms with van der Waals surface area (Å²) in [5.41, 5.74) is 0.493. The van der Waals surface area contributed by atoms with Gasteiger partial charge in [0.2, 0.25) is 0 Å². The Balaban J connectivity index is 2.24. The number of nitro benzene ring substituents is 1. The van der Waals surface area contributed by atoms with Gasteiger partial charge in [-0.15, -0.1) is 0 Å². The maximum absolute atomic E-state index is 10.8. The molecule has 0 saturated carbocycles. The van der Waals surface area contributed by atoms with Crippen molar-refractivity contribution in [3.05, 3.63) is 38.9 Å². The minimum absolute atomic E-state index is 0.00260. The van der Waals surface area contributed by atoms with Crippen LogP contribution in [-0.4, -0.2) is 27.7 Å². The van der Waals surface area contributed by atoms with Crippen LogP contribution in [0.1, 0.15) is 18.9 Å². The van der Waals surface area contributed by atoms with E-state index in [-0.39, 0.29) is 17.1 Å². The number of halogens is 1. The highest BCUT2D eigenvalue weighted by Crippen LogP contribution is 2.31. The molecule has 1 heterocycles. The lowest BCUT2D eigenvalue weighted by Gasteiger charge is -2.18. The molecular formula is C11H9ClN2O6. The molecule has 1 N–H and O–H groups in total. The SMILES string of the molecule is CC1(OC(=O)O)CC(c2ccc(Cl)c([N+](=O)[O-])c2)=NO1. The average molecular weight is 301 g/mol. The van der Waals surface area contributed by atoms with Gasteiger partial charge in [0.05, 0.1) is 17.1 Å². The van der Waals surface area contributed by atoms with Crippen LogP contribution in [0, 0.1) is 10.1 Å². The first-order valence-corrected chi connectivity index (χ1v) is 5.80. The van der Waals surface area contributed by atoms with Crippen molar-refractivity contribution in [2.75, 3.05) is 0 Å². The van der Waals surface area contributed by atoms with E-state index in [0.29, 0.717) is 11.3 Å². The Bertz CT molecular complexity index is 617. The molecule has 0 fully saturated rings. The van der Waals surface area contributed by atoms with E-state index in [1.807, 2.05) is 0 Å². The molecule has 1 atom stereocenters. The molecule has 1 unspecified atom stereocenters. The van der Waals surface area contributed by atoms with Crippen molar-refractivity contribution >= 4 is 29.2 Å². The van der Waals surface area contributed by atoms with Gasteiger partial charge >= 0.3 is 6.16 Å². The van der Waals surface area contributed by atoms with Crippen molar-refractivity contribution < 1.29 is 24.4 Å². The standard InChI is InChI=1S/C11H9ClN2O6/c1-11(19-10(15)16)5-8(13-20-11)6-2-3-7(12)9(4-6)14(17)18/h2-4H,5H2,1H3,(H,15,16). The van der Waals surface area contributed by atoms with Crippen LogP contribution in [0.25, 0.3) is 0 Å². The maximum atomic E-state index is 10.8. The van der Waals surface area contributed by atoms with Gasteiger partial charge in [-0.2, -0.15) is 0 Å². The van der Waals surface area contributed by atoms with Crippen molar-refractivity contribution in [1.82, 2.24) is 0 Å². The molecule has 0 aliphatic carbocycles. The average Bonchev–Trinajstić information content (AvgIpc) is 2.70. The van der Waals surface area contributed by atoms with Crippen LogP contribution in [0.5, 0.6) is 0 Å². The van der Waals surface area contributed by atoms with E-state index in [1.54, 1.807) is 0 Å². The monoisotopic (exact) mass is 300 g/mol. The summed E-state index contributed by atoms with van der Waals surface area (Å²) in [6.45, 7) is 1.40. The molecule has 1 aliphatic rings. The number of benzene rings is 1. The number of carboxylic acid groups (broad SMARTS) is 1. The number of ether oxygens (including phenoxy) is 1. The third-order valence-electron chi connectivity index (χ3n) is 2.62. The molecule has 0 radical (unpaired) electrons. The molecule has 0 spiro atoms. The molecule has 9 heteroatoms. The summed E-state index contributed by atoms with van der Waals surface area (Å²) in [6, 6.07) is 4.15. The predicted octanol–water partition coefficient (Wildman–Crippen LogP) is 2.78. The van der Waals surface area contributed by atoms with Crippen LogP contribution in [-0.2, 0) is 9.57 Å². The van der Waals surface area contributed by atoms with E-state index in [1.165, 1.54) is 25.1 Å². The zero-order valence-electron chi connectivity index (χ0n) is 10.2. The number of rotatable bonds is 3. The van der Waals surface area contributed by atoms with E-state index >= 15 is 0 Å². The molecule has 1 aliphatic heterocycles. The summed E-state index contributed by atoms with van der Waals surface area (Å²) in [5, 5.41) is 23.1. The van der Waals surface area contributed by atoms with Crippen molar-refractivity contribution in [3.63, 3.8) is 0 Å². The summed E-state index contributed by atoms with van der Waals surface area (Å²) in [6.07, 6.45) is -1.45. The van der Waals surface area contributed by atoms with Crippen LogP contribution in [0.3, 0.4) is 0 Å². The number of nitro groups is 1. The Morgan fingerprint density at radius 2 is 2.35 bits per heavy atom. The van der Waals surface area contributed by atoms with Gasteiger partial charge in [-0.05, 0) is 6.07 Å². The number of oxime groups is 1. The number of nitrogens with zero attached hydrogens (tertiary/aromatic N) is 2. The fourth-order valence-electron chi connectivity index (χ4n) is 1.75. The molecule has 2 rings (SSSR count). The second kappa shape index (κ2) is 4.97. The second-order valence-electron chi connectivity index (χ2n) is 4.23. The maximum Gasteiger partial charge on any atom is 0.509 e. The van der Waals surface area contributed by atoms with Crippen LogP contribution in [0.15, 0.2) is 23.4 Å². The van der Waals surface area contributed by atoms with Gasteiger partial charge in [0.1, 0.15) is 5.02 Å². The Morgan fingerprint density at radius 3 is 2.95 bits per heavy atom. The highest BCUT2D eigenvalue weighted by molar-refractivity contribution is 6.32. The summed E-state index contributed by atoms with van der Waals surface area (Å²) >= 11 is 5.71. The van der Waals surface area contributed by atoms with Crippen LogP contribution >= 0.6 is 11.6 Å². The molecule has 8 nitrogen and oxygen atoms in total. The minimum Gasteiger partial charge on any atom is -0.450 e. The molecule has 0 saturated heterocycles. The molecule has 106 valence electrons. The quantitative estimate of drug-likeness (QED) is 0.522. The Kier molecular flexibility index (Phi) is 3.49. The van der Waals surface area contributed by atoms with Crippen molar-refractivity contribution in [3.8, 4) is 0 Å². The van der Waals surface area contributed by atoms with Gasteiger partial charge in [0, 0.05) is 18.6 Å². The van der Waals surface area contributed by atoms with E-state index in [9.17, 15) is 14.9 Å². The van der Waals surface area contributed by atoms with Crippen LogP contribution in [0.4, 0.5) is 10.5 Å². The third-order valence-corrected chi connectivity index (χ3v) is 2.94. The van der Waals surface area contributed by atoms with E-state index < -0.39 is 16.9 Å². The molecule has 1 aromatic carbocycles. The Labute approximate surface area is 117 Å². The lowest BCUT2D eigenvalue weighted by atomic mass is 10.0. The smallest absolute Gasteiger partial charge is 0.450 e. The summed E-state index contributed by atoms with van der Waals surface area (Å²) < 4.78 is 4.57. The van der Waals surface area contributed by atoms with Crippen molar-refractivity contribution in [2.24, 2.45) is 5.16 Å². The topological polar surface area (TPSA) is 111 Å². The first-order valence-electron chi connectivity index (χ1n) is 5.42. The van der Waals surface area contributed by atoms with Gasteiger partial charge in [-0.1, -0.05) is 22.8 Å². The minimum atomic E-state index is -1.49. The van der Waals surface area contributed by atoms with Crippen LogP contribution in [0.2, 0.25) is 5.02 Å². The zero-order valence-corrected chi connectivity index (χ0v) is 11.0. The summed E-state index contributed by atoms with van der Waals surface area (Å²) in [7, 11) is 0. The zero-order chi connectivity index (χ0) is 14.9. The Morgan fingerprint density at radius 1 is 1.65 bits per heavy atom. The van der Waals surface area contributed by atoms with Gasteiger partial charge in [-0.25, -0.2) is 4.79 Å². The van der Waals surface area contributed by atoms with Crippen molar-refractivity contribution in [2.45, 2.75) is 19.1 Å². The van der Waals surface area contributed by atoms with Gasteiger partial charge in [-0.3, -0.25) is 10.1 Å². The first kappa shape index (κ1) is 14.1. The Hall–Kier alpha value is -2.35. The van der Waals surface area contributed by atoms with Gasteiger partial charge < -0.3 is 14.7 Å². The fraction of sp³-hybridized carbons (Fsp3) is 0.273. The van der Waals surface area contributed by atoms with Gasteiger partial charge in [0.25, 0.3) is 11.5 Å². The van der Waals surface area contributed by atoms with Crippen LogP contribution < -0.4 is 0 Å². The lowest BCUT2D eigenvalue weighted by Crippen LogP contribution is -2.31. The summed E-state index contributed by atoms with van der Waals surface area (Å²) in [5.74, 6) is -1.43. The highest BCUT2D eigenvalue weighted by atomic mass is 35.5. The van der Waals surface area contributed by atoms with Gasteiger partial charge in [0.15, 0.2) is 0 Å². The van der Waals surface area contributed by atoms with E-state index in [4.69, 9.17) is 21.5 Å². The molecule has 1 aromatic rings. The summed E-state index contributed by atoms with van der Waals surface area (Å²) in [4.78, 5) is 25.7. The molecule has 0 aromatic heterocycles. The number of carbonyl (C=O) groups is 1. The highest BCUT2D eigenvalue weighted by Gasteiger charge is 2.39. The first-order chi connectivity index (χ1) is 9.31. The van der Waals surface area contributed by atoms with E-state index in [2.05, 4.69) is 9.89 Å². The largest absolute Gasteiger partial charge is 0.509 e. The molecular weight excluding hydrogens is 292 g/mol.